The van der Waals surface area contributed by atoms with Gasteiger partial charge in [0.15, 0.2) is 0 Å². The van der Waals surface area contributed by atoms with E-state index in [0.717, 1.165) is 96.0 Å². The van der Waals surface area contributed by atoms with Gasteiger partial charge in [0, 0.05) is 0 Å². The summed E-state index contributed by atoms with van der Waals surface area (Å²) in [5.41, 5.74) is -0.811. The van der Waals surface area contributed by atoms with Crippen molar-refractivity contribution in [1.29, 1.82) is 0 Å². The van der Waals surface area contributed by atoms with E-state index in [1.807, 2.05) is 0 Å². The van der Waals surface area contributed by atoms with Crippen LogP contribution in [0.15, 0.2) is 47.4 Å². The Balaban J connectivity index is 0.0000160. The summed E-state index contributed by atoms with van der Waals surface area (Å²) in [5, 5.41) is 0. The van der Waals surface area contributed by atoms with Crippen LogP contribution in [-0.2, 0) is 19.6 Å². The van der Waals surface area contributed by atoms with Crippen molar-refractivity contribution in [1.82, 2.24) is 0 Å². The number of hydrogen-bond donors (Lipinski definition) is 0. The van der Waals surface area contributed by atoms with Crippen LogP contribution < -0.4 is 29.6 Å². The Bertz CT molecular complexity index is 1020. The zero-order valence-electron chi connectivity index (χ0n) is 25.5. The van der Waals surface area contributed by atoms with Crippen molar-refractivity contribution >= 4 is 22.1 Å². The van der Waals surface area contributed by atoms with Gasteiger partial charge >= 0.3 is 41.5 Å². The zero-order chi connectivity index (χ0) is 29.5. The van der Waals surface area contributed by atoms with Crippen LogP contribution in [0.3, 0.4) is 0 Å². The third-order valence-electron chi connectivity index (χ3n) is 6.46. The van der Waals surface area contributed by atoms with Crippen LogP contribution in [0.2, 0.25) is 0 Å². The number of carbonyl (C=O) groups is 2. The van der Waals surface area contributed by atoms with E-state index in [4.69, 9.17) is 9.47 Å². The number of hydrogen-bond acceptors (Lipinski definition) is 7. The van der Waals surface area contributed by atoms with Crippen molar-refractivity contribution in [2.75, 3.05) is 13.2 Å². The summed E-state index contributed by atoms with van der Waals surface area (Å²) in [6, 6.07) is 3.56. The second kappa shape index (κ2) is 25.1. The van der Waals surface area contributed by atoms with Gasteiger partial charge in [-0.25, -0.2) is 18.0 Å². The molecule has 0 saturated heterocycles. The second-order valence-electron chi connectivity index (χ2n) is 10.0. The van der Waals surface area contributed by atoms with E-state index in [9.17, 15) is 22.6 Å². The minimum Gasteiger partial charge on any atom is -0.744 e. The molecule has 7 nitrogen and oxygen atoms in total. The van der Waals surface area contributed by atoms with Gasteiger partial charge in [-0.1, -0.05) is 95.6 Å². The first-order chi connectivity index (χ1) is 19.3. The van der Waals surface area contributed by atoms with Gasteiger partial charge in [-0.3, -0.25) is 0 Å². The van der Waals surface area contributed by atoms with Crippen molar-refractivity contribution in [3.63, 3.8) is 0 Å². The molecule has 9 heteroatoms. The van der Waals surface area contributed by atoms with Gasteiger partial charge in [-0.05, 0) is 63.5 Å². The standard InChI is InChI=1S/C32H50O7S.Na/c1-3-5-7-9-11-13-15-17-19-21-26-38-31(33)28-24-23-25-29(40(35,36)37)30(28)32(34)39-27-22-20-18-16-14-12-10-8-6-4-2;/h7-10,23-25H,3-6,11-22,26-27H2,1-2H3,(H,35,36,37);/q;+1/p-1/b9-7+,10-8+;. The molecular weight excluding hydrogens is 551 g/mol. The molecule has 0 aliphatic carbocycles. The molecule has 1 aromatic rings. The average Bonchev–Trinajstić information content (AvgIpc) is 2.93. The smallest absolute Gasteiger partial charge is 0.744 e. The van der Waals surface area contributed by atoms with E-state index in [2.05, 4.69) is 38.2 Å². The third kappa shape index (κ3) is 18.6. The molecule has 0 aromatic heterocycles. The van der Waals surface area contributed by atoms with Gasteiger partial charge in [0.05, 0.1) is 29.2 Å². The van der Waals surface area contributed by atoms with Crippen LogP contribution >= 0.6 is 0 Å². The van der Waals surface area contributed by atoms with Crippen molar-refractivity contribution < 1.29 is 61.6 Å². The van der Waals surface area contributed by atoms with Crippen molar-refractivity contribution in [3.05, 3.63) is 53.6 Å². The van der Waals surface area contributed by atoms with Crippen molar-refractivity contribution in [2.45, 2.75) is 121 Å². The number of esters is 2. The molecule has 0 N–H and O–H groups in total. The van der Waals surface area contributed by atoms with E-state index in [-0.39, 0.29) is 48.3 Å². The summed E-state index contributed by atoms with van der Waals surface area (Å²) in [7, 11) is -5.00. The first-order valence-corrected chi connectivity index (χ1v) is 16.5. The summed E-state index contributed by atoms with van der Waals surface area (Å²) in [4.78, 5) is 24.8. The molecule has 0 fully saturated rings. The van der Waals surface area contributed by atoms with Crippen LogP contribution in [0.4, 0.5) is 0 Å². The summed E-state index contributed by atoms with van der Waals surface area (Å²) < 4.78 is 46.1. The molecule has 0 aliphatic rings. The molecule has 41 heavy (non-hydrogen) atoms. The largest absolute Gasteiger partial charge is 1.00 e. The Morgan fingerprint density at radius 1 is 0.683 bits per heavy atom. The van der Waals surface area contributed by atoms with E-state index >= 15 is 0 Å². The fourth-order valence-corrected chi connectivity index (χ4v) is 4.88. The maximum atomic E-state index is 12.8. The number of unbranched alkanes of at least 4 members (excludes halogenated alkanes) is 12. The van der Waals surface area contributed by atoms with Crippen LogP contribution in [-0.4, -0.2) is 38.1 Å². The zero-order valence-corrected chi connectivity index (χ0v) is 28.4. The normalized spacial score (nSPS) is 11.6. The fourth-order valence-electron chi connectivity index (χ4n) is 4.19. The molecular formula is C32H49NaO7S. The maximum absolute atomic E-state index is 12.8. The predicted octanol–water partition coefficient (Wildman–Crippen LogP) is 5.30. The number of benzene rings is 1. The SMILES string of the molecule is CCC/C=C/CCCCCCCOC(=O)c1cccc(S(=O)(=O)[O-])c1C(=O)OCCCCCCC/C=C/CCC.[Na+]. The van der Waals surface area contributed by atoms with E-state index < -0.39 is 32.5 Å². The van der Waals surface area contributed by atoms with Crippen LogP contribution in [0.1, 0.15) is 137 Å². The Morgan fingerprint density at radius 2 is 1.12 bits per heavy atom. The van der Waals surface area contributed by atoms with E-state index in [1.165, 1.54) is 12.1 Å². The second-order valence-corrected chi connectivity index (χ2v) is 11.4. The quantitative estimate of drug-likeness (QED) is 0.0551. The Kier molecular flexibility index (Phi) is 24.2. The number of carbonyl (C=O) groups excluding carboxylic acids is 2. The van der Waals surface area contributed by atoms with Gasteiger partial charge in [0.1, 0.15) is 10.1 Å². The summed E-state index contributed by atoms with van der Waals surface area (Å²) in [5.74, 6) is -1.84. The summed E-state index contributed by atoms with van der Waals surface area (Å²) >= 11 is 0. The molecule has 1 aromatic carbocycles. The molecule has 1 rings (SSSR count). The Labute approximate surface area is 270 Å². The first-order valence-electron chi connectivity index (χ1n) is 15.1. The fraction of sp³-hybridized carbons (Fsp3) is 0.625. The van der Waals surface area contributed by atoms with Gasteiger partial charge in [0.25, 0.3) is 0 Å². The van der Waals surface area contributed by atoms with Crippen LogP contribution in [0.5, 0.6) is 0 Å². The maximum Gasteiger partial charge on any atom is 1.00 e. The third-order valence-corrected chi connectivity index (χ3v) is 7.34. The number of rotatable bonds is 23. The number of allylic oxidation sites excluding steroid dienone is 4. The Hall–Kier alpha value is -1.45. The first kappa shape index (κ1) is 39.5. The van der Waals surface area contributed by atoms with Gasteiger partial charge in [-0.15, -0.1) is 0 Å². The summed E-state index contributed by atoms with van der Waals surface area (Å²) in [6.07, 6.45) is 25.0. The van der Waals surface area contributed by atoms with E-state index in [1.54, 1.807) is 0 Å². The minimum atomic E-state index is -5.00. The van der Waals surface area contributed by atoms with Crippen LogP contribution in [0, 0.1) is 0 Å². The molecule has 0 heterocycles. The predicted molar refractivity (Wildman–Crippen MR) is 158 cm³/mol. The molecule has 0 radical (unpaired) electrons. The number of ether oxygens (including phenoxy) is 2. The average molecular weight is 601 g/mol. The molecule has 0 saturated carbocycles. The van der Waals surface area contributed by atoms with Crippen molar-refractivity contribution in [3.8, 4) is 0 Å². The molecule has 0 bridgehead atoms. The molecule has 0 amide bonds. The molecule has 0 unspecified atom stereocenters. The molecule has 0 spiro atoms. The topological polar surface area (TPSA) is 110 Å². The monoisotopic (exact) mass is 600 g/mol. The molecule has 0 atom stereocenters. The summed E-state index contributed by atoms with van der Waals surface area (Å²) in [6.45, 7) is 4.53. The molecule has 0 aliphatic heterocycles. The van der Waals surface area contributed by atoms with Crippen LogP contribution in [0.25, 0.3) is 0 Å². The minimum absolute atomic E-state index is 0. The van der Waals surface area contributed by atoms with Crippen molar-refractivity contribution in [2.24, 2.45) is 0 Å². The Morgan fingerprint density at radius 3 is 1.61 bits per heavy atom. The van der Waals surface area contributed by atoms with Gasteiger partial charge in [0.2, 0.25) is 0 Å². The van der Waals surface area contributed by atoms with Gasteiger partial charge < -0.3 is 14.0 Å². The van der Waals surface area contributed by atoms with E-state index in [0.29, 0.717) is 12.8 Å². The molecule has 226 valence electrons. The van der Waals surface area contributed by atoms with Gasteiger partial charge in [-0.2, -0.15) is 0 Å².